The summed E-state index contributed by atoms with van der Waals surface area (Å²) in [5.74, 6) is 2.28. The molecule has 29 heavy (non-hydrogen) atoms. The molecule has 5 nitrogen and oxygen atoms in total. The minimum Gasteiger partial charge on any atom is -0.632 e. The highest BCUT2D eigenvalue weighted by atomic mass is 16.6. The van der Waals surface area contributed by atoms with Crippen molar-refractivity contribution >= 4 is 5.78 Å². The molecule has 2 heterocycles. The number of carbonyl (C=O) groups excluding carboxylic acids is 1. The molecule has 1 saturated heterocycles. The zero-order chi connectivity index (χ0) is 19.4. The molecule has 1 spiro atoms. The first-order chi connectivity index (χ1) is 14.1. The molecule has 1 aromatic rings. The lowest BCUT2D eigenvalue weighted by atomic mass is 9.48. The Balaban J connectivity index is 1.44. The van der Waals surface area contributed by atoms with Crippen LogP contribution >= 0.6 is 0 Å². The number of hydrogen-bond donors (Lipinski definition) is 0. The van der Waals surface area contributed by atoms with Crippen molar-refractivity contribution in [1.29, 1.82) is 0 Å². The van der Waals surface area contributed by atoms with Gasteiger partial charge in [-0.15, -0.1) is 0 Å². The Morgan fingerprint density at radius 2 is 2.00 bits per heavy atom. The Morgan fingerprint density at radius 1 is 1.17 bits per heavy atom. The number of nitrogens with zero attached hydrogens (tertiary/aromatic N) is 1. The molecular formula is C24H29NO4. The first-order valence-corrected chi connectivity index (χ1v) is 11.6. The second-order valence-electron chi connectivity index (χ2n) is 10.6. The van der Waals surface area contributed by atoms with E-state index in [0.717, 1.165) is 25.3 Å². The van der Waals surface area contributed by atoms with Crippen LogP contribution in [0.5, 0.6) is 5.75 Å². The molecular weight excluding hydrogens is 366 g/mol. The topological polar surface area (TPSA) is 58.6 Å². The van der Waals surface area contributed by atoms with Gasteiger partial charge in [0.25, 0.3) is 0 Å². The number of hydroxylamine groups is 3. The van der Waals surface area contributed by atoms with Gasteiger partial charge < -0.3 is 19.3 Å². The van der Waals surface area contributed by atoms with Crippen molar-refractivity contribution in [3.63, 3.8) is 0 Å². The van der Waals surface area contributed by atoms with Gasteiger partial charge in [-0.2, -0.15) is 0 Å². The highest BCUT2D eigenvalue weighted by molar-refractivity contribution is 5.89. The number of rotatable bonds is 5. The molecule has 0 radical (unpaired) electrons. The maximum atomic E-state index is 14.4. The molecule has 1 aromatic carbocycles. The monoisotopic (exact) mass is 395 g/mol. The fourth-order valence-electron chi connectivity index (χ4n) is 7.32. The Hall–Kier alpha value is -1.43. The summed E-state index contributed by atoms with van der Waals surface area (Å²) in [6.45, 7) is 2.06. The highest BCUT2D eigenvalue weighted by Crippen LogP contribution is 2.66. The number of hydrogen-bond acceptors (Lipinski definition) is 4. The molecule has 4 aliphatic carbocycles. The van der Waals surface area contributed by atoms with Crippen molar-refractivity contribution in [3.8, 4) is 5.75 Å². The first-order valence-electron chi connectivity index (χ1n) is 11.6. The van der Waals surface area contributed by atoms with Gasteiger partial charge in [-0.25, -0.2) is 0 Å². The molecule has 5 heteroatoms. The maximum absolute atomic E-state index is 14.4. The van der Waals surface area contributed by atoms with Crippen LogP contribution in [0.4, 0.5) is 0 Å². The average molecular weight is 395 g/mol. The maximum Gasteiger partial charge on any atom is 0.174 e. The fraction of sp³-hybridized carbons (Fsp3) is 0.708. The lowest BCUT2D eigenvalue weighted by molar-refractivity contribution is -0.924. The SMILES string of the molecule is O=C1CCC2(OCC3CC3)[C@H]3Cc4cccc5c4[C@@]2(CC[N@+]3([O-])CC2CC2)[C@H]1O5. The lowest BCUT2D eigenvalue weighted by Crippen LogP contribution is -2.81. The third kappa shape index (κ3) is 2.09. The summed E-state index contributed by atoms with van der Waals surface area (Å²) in [6, 6.07) is 6.09. The Kier molecular flexibility index (Phi) is 3.23. The van der Waals surface area contributed by atoms with Crippen LogP contribution in [0.25, 0.3) is 0 Å². The van der Waals surface area contributed by atoms with E-state index in [1.54, 1.807) is 0 Å². The molecule has 6 aliphatic rings. The zero-order valence-corrected chi connectivity index (χ0v) is 16.9. The summed E-state index contributed by atoms with van der Waals surface area (Å²) >= 11 is 0. The highest BCUT2D eigenvalue weighted by Gasteiger charge is 2.77. The number of Topliss-reactive ketones (excluding diaryl/α,β-unsaturated/α-hetero) is 1. The van der Waals surface area contributed by atoms with Gasteiger partial charge in [-0.05, 0) is 49.7 Å². The number of ketones is 1. The second kappa shape index (κ2) is 5.43. The predicted molar refractivity (Wildman–Crippen MR) is 106 cm³/mol. The predicted octanol–water partition coefficient (Wildman–Crippen LogP) is 3.27. The molecule has 0 amide bonds. The Morgan fingerprint density at radius 3 is 2.79 bits per heavy atom. The van der Waals surface area contributed by atoms with Gasteiger partial charge in [-0.3, -0.25) is 4.79 Å². The van der Waals surface area contributed by atoms with Crippen LogP contribution in [0, 0.1) is 17.0 Å². The van der Waals surface area contributed by atoms with E-state index in [1.807, 2.05) is 12.1 Å². The molecule has 1 unspecified atom stereocenters. The van der Waals surface area contributed by atoms with Gasteiger partial charge in [0.2, 0.25) is 0 Å². The average Bonchev–Trinajstić information content (AvgIpc) is 3.63. The van der Waals surface area contributed by atoms with Gasteiger partial charge in [0, 0.05) is 30.7 Å². The standard InChI is InChI=1S/C24H29NO4/c26-18-8-9-24(28-14-16-6-7-16)20-12-17-2-1-3-19-21(17)23(24,22(18)29-19)10-11-25(20,27)13-15-4-5-15/h1-3,15-16,20,22H,4-14H2/t20-,22+,23+,24?,25+/m1/s1. The van der Waals surface area contributed by atoms with Crippen LogP contribution < -0.4 is 4.74 Å². The van der Waals surface area contributed by atoms with Crippen LogP contribution in [-0.4, -0.2) is 47.9 Å². The molecule has 154 valence electrons. The minimum atomic E-state index is -0.553. The second-order valence-corrected chi connectivity index (χ2v) is 10.6. The smallest absolute Gasteiger partial charge is 0.174 e. The summed E-state index contributed by atoms with van der Waals surface area (Å²) in [6.07, 6.45) is 7.01. The van der Waals surface area contributed by atoms with Crippen molar-refractivity contribution in [1.82, 2.24) is 0 Å². The van der Waals surface area contributed by atoms with Gasteiger partial charge in [0.15, 0.2) is 11.9 Å². The van der Waals surface area contributed by atoms with E-state index < -0.39 is 17.1 Å². The number of carbonyl (C=O) groups is 1. The van der Waals surface area contributed by atoms with Gasteiger partial charge in [0.05, 0.1) is 25.1 Å². The summed E-state index contributed by atoms with van der Waals surface area (Å²) in [5, 5.41) is 14.4. The third-order valence-electron chi connectivity index (χ3n) is 8.98. The van der Waals surface area contributed by atoms with E-state index in [4.69, 9.17) is 9.47 Å². The summed E-state index contributed by atoms with van der Waals surface area (Å²) in [5.41, 5.74) is 1.43. The molecule has 0 N–H and O–H groups in total. The van der Waals surface area contributed by atoms with Crippen LogP contribution in [0.1, 0.15) is 56.1 Å². The van der Waals surface area contributed by atoms with E-state index in [0.29, 0.717) is 37.6 Å². The Bertz CT molecular complexity index is 908. The number of benzene rings is 1. The number of quaternary nitrogens is 1. The van der Waals surface area contributed by atoms with Crippen molar-refractivity contribution in [2.75, 3.05) is 19.7 Å². The summed E-state index contributed by atoms with van der Waals surface area (Å²) < 4.78 is 13.2. The normalized spacial score (nSPS) is 44.4. The quantitative estimate of drug-likeness (QED) is 0.567. The van der Waals surface area contributed by atoms with Crippen molar-refractivity contribution in [2.24, 2.45) is 11.8 Å². The van der Waals surface area contributed by atoms with Crippen molar-refractivity contribution in [2.45, 2.75) is 74.5 Å². The fourth-order valence-corrected chi connectivity index (χ4v) is 7.32. The summed E-state index contributed by atoms with van der Waals surface area (Å²) in [7, 11) is 0. The molecule has 7 rings (SSSR count). The van der Waals surface area contributed by atoms with Crippen molar-refractivity contribution < 1.29 is 18.9 Å². The zero-order valence-electron chi connectivity index (χ0n) is 16.9. The van der Waals surface area contributed by atoms with Gasteiger partial charge in [-0.1, -0.05) is 12.1 Å². The van der Waals surface area contributed by atoms with E-state index in [1.165, 1.54) is 36.8 Å². The number of piperidine rings is 1. The molecule has 4 fully saturated rings. The molecule has 2 aliphatic heterocycles. The molecule has 3 saturated carbocycles. The van der Waals surface area contributed by atoms with Crippen LogP contribution in [0.2, 0.25) is 0 Å². The van der Waals surface area contributed by atoms with Gasteiger partial charge in [0.1, 0.15) is 17.4 Å². The first kappa shape index (κ1) is 17.3. The molecule has 5 atom stereocenters. The van der Waals surface area contributed by atoms with Crippen LogP contribution in [0.3, 0.4) is 0 Å². The molecule has 2 bridgehead atoms. The van der Waals surface area contributed by atoms with E-state index in [2.05, 4.69) is 6.07 Å². The number of likely N-dealkylation sites (tertiary alicyclic amines) is 1. The minimum absolute atomic E-state index is 0.115. The number of ether oxygens (including phenoxy) is 2. The Labute approximate surface area is 171 Å². The van der Waals surface area contributed by atoms with Crippen LogP contribution in [0.15, 0.2) is 18.2 Å². The lowest BCUT2D eigenvalue weighted by Gasteiger charge is -2.68. The van der Waals surface area contributed by atoms with Gasteiger partial charge >= 0.3 is 0 Å². The van der Waals surface area contributed by atoms with E-state index >= 15 is 0 Å². The summed E-state index contributed by atoms with van der Waals surface area (Å²) in [4.78, 5) is 13.1. The largest absolute Gasteiger partial charge is 0.632 e. The van der Waals surface area contributed by atoms with Crippen LogP contribution in [-0.2, 0) is 21.4 Å². The third-order valence-corrected chi connectivity index (χ3v) is 8.98. The molecule has 0 aromatic heterocycles. The van der Waals surface area contributed by atoms with E-state index in [-0.39, 0.29) is 16.5 Å². The van der Waals surface area contributed by atoms with E-state index in [9.17, 15) is 10.0 Å². The van der Waals surface area contributed by atoms with Crippen molar-refractivity contribution in [3.05, 3.63) is 34.5 Å².